The summed E-state index contributed by atoms with van der Waals surface area (Å²) in [6, 6.07) is 92.4. The molecule has 0 N–H and O–H groups in total. The molecule has 3 heteroatoms. The minimum atomic E-state index is 0.896. The van der Waals surface area contributed by atoms with Crippen LogP contribution in [0.1, 0.15) is 0 Å². The highest BCUT2D eigenvalue weighted by atomic mass is 16.3. The minimum absolute atomic E-state index is 0.896. The number of anilines is 3. The highest BCUT2D eigenvalue weighted by Gasteiger charge is 2.19. The van der Waals surface area contributed by atoms with Crippen molar-refractivity contribution in [2.24, 2.45) is 0 Å². The standard InChI is InChI=1S/C66H42N2O/c1-3-18-55-45(12-1)26-27-47-28-29-49(42-62(47)55)44-32-37-52(38-33-44)67(53-16-10-15-50(41-53)57-22-11-23-60-61-39-34-46-13-2-4-19-56(46)65(61)69-66(57)60)51-35-30-43(31-36-51)48-14-9-17-54(40-48)68-63-24-7-5-20-58(63)59-21-6-8-25-64(59)68/h1-42H. The second-order valence-corrected chi connectivity index (χ2v) is 18.1. The van der Waals surface area contributed by atoms with Gasteiger partial charge in [-0.15, -0.1) is 0 Å². The Kier molecular flexibility index (Phi) is 8.90. The van der Waals surface area contributed by atoms with Gasteiger partial charge in [0.2, 0.25) is 0 Å². The summed E-state index contributed by atoms with van der Waals surface area (Å²) in [7, 11) is 0. The fraction of sp³-hybridized carbons (Fsp3) is 0. The van der Waals surface area contributed by atoms with Gasteiger partial charge in [-0.25, -0.2) is 0 Å². The lowest BCUT2D eigenvalue weighted by Crippen LogP contribution is -2.10. The van der Waals surface area contributed by atoms with Crippen LogP contribution in [0.3, 0.4) is 0 Å². The van der Waals surface area contributed by atoms with Gasteiger partial charge in [-0.05, 0) is 128 Å². The Morgan fingerprint density at radius 2 is 0.783 bits per heavy atom. The van der Waals surface area contributed by atoms with Crippen molar-refractivity contribution in [1.29, 1.82) is 0 Å². The summed E-state index contributed by atoms with van der Waals surface area (Å²) in [5, 5.41) is 12.1. The van der Waals surface area contributed by atoms with Gasteiger partial charge in [-0.1, -0.05) is 182 Å². The van der Waals surface area contributed by atoms with Crippen LogP contribution in [-0.4, -0.2) is 4.57 Å². The molecule has 0 unspecified atom stereocenters. The van der Waals surface area contributed by atoms with Crippen LogP contribution in [0.25, 0.3) is 115 Å². The van der Waals surface area contributed by atoms with Crippen LogP contribution in [0.15, 0.2) is 259 Å². The summed E-state index contributed by atoms with van der Waals surface area (Å²) in [5.74, 6) is 0. The number of furan rings is 1. The third-order valence-corrected chi connectivity index (χ3v) is 14.2. The van der Waals surface area contributed by atoms with Crippen LogP contribution in [-0.2, 0) is 0 Å². The fourth-order valence-corrected chi connectivity index (χ4v) is 10.8. The van der Waals surface area contributed by atoms with E-state index in [1.54, 1.807) is 0 Å². The Bertz CT molecular complexity index is 4260. The number of aromatic nitrogens is 1. The first kappa shape index (κ1) is 39.0. The molecule has 0 bridgehead atoms. The molecule has 322 valence electrons. The van der Waals surface area contributed by atoms with E-state index in [1.165, 1.54) is 59.9 Å². The lowest BCUT2D eigenvalue weighted by Gasteiger charge is -2.26. The first-order valence-corrected chi connectivity index (χ1v) is 23.6. The molecule has 0 fully saturated rings. The number of para-hydroxylation sites is 3. The van der Waals surface area contributed by atoms with Crippen molar-refractivity contribution in [3.8, 4) is 39.1 Å². The molecule has 0 aliphatic carbocycles. The van der Waals surface area contributed by atoms with Crippen molar-refractivity contribution in [2.45, 2.75) is 0 Å². The first-order chi connectivity index (χ1) is 34.2. The molecule has 0 spiro atoms. The molecule has 0 radical (unpaired) electrons. The second kappa shape index (κ2) is 15.7. The average Bonchev–Trinajstić information content (AvgIpc) is 3.98. The van der Waals surface area contributed by atoms with E-state index in [-0.39, 0.29) is 0 Å². The zero-order valence-electron chi connectivity index (χ0n) is 37.6. The molecule has 0 amide bonds. The van der Waals surface area contributed by atoms with E-state index >= 15 is 0 Å². The maximum absolute atomic E-state index is 6.84. The van der Waals surface area contributed by atoms with Gasteiger partial charge in [-0.3, -0.25) is 0 Å². The molecule has 0 saturated heterocycles. The van der Waals surface area contributed by atoms with Gasteiger partial charge in [-0.2, -0.15) is 0 Å². The quantitative estimate of drug-likeness (QED) is 0.149. The summed E-state index contributed by atoms with van der Waals surface area (Å²) in [4.78, 5) is 2.37. The molecule has 3 nitrogen and oxygen atoms in total. The van der Waals surface area contributed by atoms with Gasteiger partial charge >= 0.3 is 0 Å². The van der Waals surface area contributed by atoms with Crippen LogP contribution < -0.4 is 4.90 Å². The summed E-state index contributed by atoms with van der Waals surface area (Å²) < 4.78 is 9.22. The lowest BCUT2D eigenvalue weighted by molar-refractivity contribution is 0.674. The highest BCUT2D eigenvalue weighted by Crippen LogP contribution is 2.43. The molecule has 0 saturated carbocycles. The van der Waals surface area contributed by atoms with E-state index in [0.29, 0.717) is 0 Å². The van der Waals surface area contributed by atoms with Crippen molar-refractivity contribution in [3.05, 3.63) is 255 Å². The van der Waals surface area contributed by atoms with Gasteiger partial charge in [0.25, 0.3) is 0 Å². The van der Waals surface area contributed by atoms with E-state index in [9.17, 15) is 0 Å². The summed E-state index contributed by atoms with van der Waals surface area (Å²) in [5.41, 5.74) is 15.4. The molecule has 2 heterocycles. The molecular formula is C66H42N2O. The Morgan fingerprint density at radius 1 is 0.275 bits per heavy atom. The maximum Gasteiger partial charge on any atom is 0.143 e. The van der Waals surface area contributed by atoms with Gasteiger partial charge in [0.05, 0.1) is 11.0 Å². The Hall–Kier alpha value is -9.18. The molecule has 0 aliphatic rings. The number of rotatable bonds is 7. The fourth-order valence-electron chi connectivity index (χ4n) is 10.8. The number of fused-ring (bicyclic) bond motifs is 11. The predicted molar refractivity (Wildman–Crippen MR) is 292 cm³/mol. The lowest BCUT2D eigenvalue weighted by atomic mass is 9.97. The van der Waals surface area contributed by atoms with Gasteiger partial charge in [0.1, 0.15) is 11.2 Å². The van der Waals surface area contributed by atoms with Crippen molar-refractivity contribution < 1.29 is 4.42 Å². The second-order valence-electron chi connectivity index (χ2n) is 18.1. The molecule has 2 aromatic heterocycles. The normalized spacial score (nSPS) is 11.8. The van der Waals surface area contributed by atoms with Crippen LogP contribution in [0.2, 0.25) is 0 Å². The molecule has 69 heavy (non-hydrogen) atoms. The number of hydrogen-bond donors (Lipinski definition) is 0. The largest absolute Gasteiger partial charge is 0.455 e. The SMILES string of the molecule is c1cc(-c2cccc3c2oc2c4ccccc4ccc32)cc(N(c2ccc(-c3cccc(-n4c5ccccc5c5ccccc54)c3)cc2)c2ccc(-c3ccc4ccc5ccccc5c4c3)cc2)c1. The summed E-state index contributed by atoms with van der Waals surface area (Å²) in [6.45, 7) is 0. The predicted octanol–water partition coefficient (Wildman–Crippen LogP) is 18.6. The third-order valence-electron chi connectivity index (χ3n) is 14.2. The summed E-state index contributed by atoms with van der Waals surface area (Å²) in [6.07, 6.45) is 0. The van der Waals surface area contributed by atoms with Gasteiger partial charge in [0, 0.05) is 55.2 Å². The Labute approximate surface area is 399 Å². The average molecular weight is 879 g/mol. The molecule has 14 rings (SSSR count). The third kappa shape index (κ3) is 6.43. The number of nitrogens with zero attached hydrogens (tertiary/aromatic N) is 2. The molecule has 12 aromatic carbocycles. The Balaban J connectivity index is 0.877. The van der Waals surface area contributed by atoms with Crippen LogP contribution >= 0.6 is 0 Å². The maximum atomic E-state index is 6.84. The van der Waals surface area contributed by atoms with E-state index in [2.05, 4.69) is 264 Å². The van der Waals surface area contributed by atoms with E-state index in [4.69, 9.17) is 4.42 Å². The molecular weight excluding hydrogens is 837 g/mol. The smallest absolute Gasteiger partial charge is 0.143 e. The highest BCUT2D eigenvalue weighted by molar-refractivity contribution is 6.17. The zero-order valence-corrected chi connectivity index (χ0v) is 37.6. The Morgan fingerprint density at radius 3 is 1.51 bits per heavy atom. The first-order valence-electron chi connectivity index (χ1n) is 23.6. The molecule has 0 aliphatic heterocycles. The van der Waals surface area contributed by atoms with Crippen molar-refractivity contribution >= 4 is 93.1 Å². The number of hydrogen-bond acceptors (Lipinski definition) is 2. The van der Waals surface area contributed by atoms with E-state index in [0.717, 1.165) is 72.3 Å². The summed E-state index contributed by atoms with van der Waals surface area (Å²) >= 11 is 0. The van der Waals surface area contributed by atoms with Crippen molar-refractivity contribution in [2.75, 3.05) is 4.90 Å². The molecule has 14 aromatic rings. The van der Waals surface area contributed by atoms with Gasteiger partial charge < -0.3 is 13.9 Å². The zero-order chi connectivity index (χ0) is 45.4. The van der Waals surface area contributed by atoms with Crippen LogP contribution in [0.5, 0.6) is 0 Å². The van der Waals surface area contributed by atoms with E-state index < -0.39 is 0 Å². The van der Waals surface area contributed by atoms with Crippen molar-refractivity contribution in [1.82, 2.24) is 4.57 Å². The van der Waals surface area contributed by atoms with E-state index in [1.807, 2.05) is 0 Å². The minimum Gasteiger partial charge on any atom is -0.455 e. The monoisotopic (exact) mass is 878 g/mol. The van der Waals surface area contributed by atoms with Crippen LogP contribution in [0.4, 0.5) is 17.1 Å². The van der Waals surface area contributed by atoms with Crippen molar-refractivity contribution in [3.63, 3.8) is 0 Å². The number of benzene rings is 12. The topological polar surface area (TPSA) is 21.3 Å². The molecule has 0 atom stereocenters. The van der Waals surface area contributed by atoms with Gasteiger partial charge in [0.15, 0.2) is 0 Å². The van der Waals surface area contributed by atoms with Crippen LogP contribution in [0, 0.1) is 0 Å².